The first-order chi connectivity index (χ1) is 11.7. The molecule has 0 atom stereocenters. The van der Waals surface area contributed by atoms with Crippen LogP contribution < -0.4 is 0 Å². The molecular weight excluding hydrogens is 316 g/mol. The summed E-state index contributed by atoms with van der Waals surface area (Å²) in [5, 5.41) is 5.47. The van der Waals surface area contributed by atoms with E-state index in [0.29, 0.717) is 0 Å². The average Bonchev–Trinajstić information content (AvgIpc) is 2.98. The molecule has 0 aliphatic heterocycles. The maximum absolute atomic E-state index is 4.67. The number of hydrogen-bond donors (Lipinski definition) is 0. The highest BCUT2D eigenvalue weighted by atomic mass is 32.2. The highest BCUT2D eigenvalue weighted by Crippen LogP contribution is 2.21. The van der Waals surface area contributed by atoms with Crippen molar-refractivity contribution in [1.82, 2.24) is 19.6 Å². The molecule has 0 aliphatic carbocycles. The number of benzene rings is 1. The molecule has 0 N–H and O–H groups in total. The summed E-state index contributed by atoms with van der Waals surface area (Å²) in [6.45, 7) is 6.48. The Kier molecular flexibility index (Phi) is 5.51. The number of hydrogen-bond acceptors (Lipinski definition) is 4. The predicted octanol–water partition coefficient (Wildman–Crippen LogP) is 4.63. The third-order valence-corrected chi connectivity index (χ3v) is 4.83. The van der Waals surface area contributed by atoms with Gasteiger partial charge in [0, 0.05) is 17.1 Å². The van der Waals surface area contributed by atoms with Crippen LogP contribution in [0.3, 0.4) is 0 Å². The van der Waals surface area contributed by atoms with Gasteiger partial charge in [-0.2, -0.15) is 4.98 Å². The molecule has 4 nitrogen and oxygen atoms in total. The standard InChI is InChI=1S/C19H24N4S/c1-4-6-16-12-17(7-5-2)23-18(20-16)21-19(22-23)24-13-15-10-8-14(3)9-11-15/h8-12H,4-7,13H2,1-3H3. The van der Waals surface area contributed by atoms with Crippen LogP contribution in [0.2, 0.25) is 0 Å². The fraction of sp³-hybridized carbons (Fsp3) is 0.421. The molecule has 0 bridgehead atoms. The first-order valence-electron chi connectivity index (χ1n) is 8.63. The van der Waals surface area contributed by atoms with Gasteiger partial charge in [0.1, 0.15) is 0 Å². The molecule has 0 amide bonds. The van der Waals surface area contributed by atoms with Crippen LogP contribution in [0.25, 0.3) is 5.78 Å². The third-order valence-electron chi connectivity index (χ3n) is 3.92. The monoisotopic (exact) mass is 340 g/mol. The Labute approximate surface area is 147 Å². The van der Waals surface area contributed by atoms with Crippen LogP contribution in [0, 0.1) is 6.92 Å². The Hall–Kier alpha value is -1.88. The average molecular weight is 340 g/mol. The molecule has 0 fully saturated rings. The van der Waals surface area contributed by atoms with Crippen molar-refractivity contribution in [2.24, 2.45) is 0 Å². The van der Waals surface area contributed by atoms with Gasteiger partial charge in [0.25, 0.3) is 5.78 Å². The number of rotatable bonds is 7. The highest BCUT2D eigenvalue weighted by Gasteiger charge is 2.11. The topological polar surface area (TPSA) is 43.1 Å². The minimum atomic E-state index is 0.732. The minimum Gasteiger partial charge on any atom is -0.216 e. The molecule has 2 heterocycles. The second-order valence-electron chi connectivity index (χ2n) is 6.12. The molecule has 3 rings (SSSR count). The second-order valence-corrected chi connectivity index (χ2v) is 7.06. The van der Waals surface area contributed by atoms with Crippen LogP contribution in [0.4, 0.5) is 0 Å². The van der Waals surface area contributed by atoms with E-state index in [2.05, 4.69) is 66.2 Å². The molecule has 126 valence electrons. The van der Waals surface area contributed by atoms with Crippen molar-refractivity contribution >= 4 is 17.5 Å². The van der Waals surface area contributed by atoms with Crippen LogP contribution in [-0.4, -0.2) is 19.6 Å². The summed E-state index contributed by atoms with van der Waals surface area (Å²) in [5.74, 6) is 1.61. The summed E-state index contributed by atoms with van der Waals surface area (Å²) in [5.41, 5.74) is 4.90. The highest BCUT2D eigenvalue weighted by molar-refractivity contribution is 7.98. The fourth-order valence-electron chi connectivity index (χ4n) is 2.68. The van der Waals surface area contributed by atoms with Gasteiger partial charge in [-0.3, -0.25) is 0 Å². The Balaban J connectivity index is 1.83. The van der Waals surface area contributed by atoms with Crippen LogP contribution in [-0.2, 0) is 18.6 Å². The van der Waals surface area contributed by atoms with Crippen LogP contribution in [0.5, 0.6) is 0 Å². The van der Waals surface area contributed by atoms with Gasteiger partial charge in [-0.15, -0.1) is 5.10 Å². The van der Waals surface area contributed by atoms with Gasteiger partial charge in [-0.25, -0.2) is 9.50 Å². The van der Waals surface area contributed by atoms with E-state index >= 15 is 0 Å². The molecule has 0 saturated carbocycles. The molecule has 24 heavy (non-hydrogen) atoms. The molecule has 0 spiro atoms. The smallest absolute Gasteiger partial charge is 0.216 e. The number of fused-ring (bicyclic) bond motifs is 1. The molecule has 0 saturated heterocycles. The van der Waals surface area contributed by atoms with Crippen molar-refractivity contribution in [3.05, 3.63) is 52.8 Å². The molecule has 0 radical (unpaired) electrons. The predicted molar refractivity (Wildman–Crippen MR) is 99.5 cm³/mol. The Morgan fingerprint density at radius 2 is 1.75 bits per heavy atom. The van der Waals surface area contributed by atoms with Crippen molar-refractivity contribution in [3.8, 4) is 0 Å². The van der Waals surface area contributed by atoms with Crippen molar-refractivity contribution < 1.29 is 0 Å². The van der Waals surface area contributed by atoms with E-state index in [0.717, 1.165) is 48.1 Å². The van der Waals surface area contributed by atoms with Gasteiger partial charge in [0.15, 0.2) is 0 Å². The van der Waals surface area contributed by atoms with Crippen LogP contribution in [0.1, 0.15) is 49.2 Å². The molecule has 2 aromatic heterocycles. The fourth-order valence-corrected chi connectivity index (χ4v) is 3.45. The van der Waals surface area contributed by atoms with Gasteiger partial charge in [0.2, 0.25) is 5.16 Å². The van der Waals surface area contributed by atoms with E-state index in [1.165, 1.54) is 16.8 Å². The molecule has 3 aromatic rings. The zero-order chi connectivity index (χ0) is 16.9. The van der Waals surface area contributed by atoms with E-state index in [9.17, 15) is 0 Å². The first kappa shape index (κ1) is 17.0. The lowest BCUT2D eigenvalue weighted by molar-refractivity contribution is 0.762. The van der Waals surface area contributed by atoms with E-state index in [1.807, 2.05) is 4.52 Å². The summed E-state index contributed by atoms with van der Waals surface area (Å²) in [6, 6.07) is 10.8. The Morgan fingerprint density at radius 1 is 1.00 bits per heavy atom. The van der Waals surface area contributed by atoms with Gasteiger partial charge in [-0.05, 0) is 31.4 Å². The van der Waals surface area contributed by atoms with Crippen LogP contribution in [0.15, 0.2) is 35.5 Å². The second kappa shape index (κ2) is 7.79. The summed E-state index contributed by atoms with van der Waals surface area (Å²) in [7, 11) is 0. The molecular formula is C19H24N4S. The zero-order valence-electron chi connectivity index (χ0n) is 14.6. The summed E-state index contributed by atoms with van der Waals surface area (Å²) < 4.78 is 1.92. The summed E-state index contributed by atoms with van der Waals surface area (Å²) in [4.78, 5) is 9.31. The largest absolute Gasteiger partial charge is 0.253 e. The van der Waals surface area contributed by atoms with Gasteiger partial charge >= 0.3 is 0 Å². The van der Waals surface area contributed by atoms with Crippen molar-refractivity contribution in [2.45, 2.75) is 57.4 Å². The lowest BCUT2D eigenvalue weighted by Crippen LogP contribution is -2.03. The maximum Gasteiger partial charge on any atom is 0.253 e. The van der Waals surface area contributed by atoms with E-state index in [-0.39, 0.29) is 0 Å². The number of nitrogens with zero attached hydrogens (tertiary/aromatic N) is 4. The van der Waals surface area contributed by atoms with Crippen molar-refractivity contribution in [1.29, 1.82) is 0 Å². The molecule has 1 aromatic carbocycles. The summed E-state index contributed by atoms with van der Waals surface area (Å²) in [6.07, 6.45) is 4.18. The van der Waals surface area contributed by atoms with Gasteiger partial charge < -0.3 is 0 Å². The third kappa shape index (κ3) is 3.96. The zero-order valence-corrected chi connectivity index (χ0v) is 15.4. The SMILES string of the molecule is CCCc1cc(CCC)n2nc(SCc3ccc(C)cc3)nc2n1. The van der Waals surface area contributed by atoms with Crippen molar-refractivity contribution in [2.75, 3.05) is 0 Å². The first-order valence-corrected chi connectivity index (χ1v) is 9.62. The van der Waals surface area contributed by atoms with Gasteiger partial charge in [-0.1, -0.05) is 68.3 Å². The number of aryl methyl sites for hydroxylation is 3. The minimum absolute atomic E-state index is 0.732. The quantitative estimate of drug-likeness (QED) is 0.588. The van der Waals surface area contributed by atoms with Crippen LogP contribution >= 0.6 is 11.8 Å². The van der Waals surface area contributed by atoms with Gasteiger partial charge in [0.05, 0.1) is 0 Å². The Bertz CT molecular complexity index is 808. The maximum atomic E-state index is 4.67. The number of aromatic nitrogens is 4. The normalized spacial score (nSPS) is 11.3. The molecule has 0 unspecified atom stereocenters. The van der Waals surface area contributed by atoms with Crippen molar-refractivity contribution in [3.63, 3.8) is 0 Å². The van der Waals surface area contributed by atoms with E-state index in [4.69, 9.17) is 0 Å². The Morgan fingerprint density at radius 3 is 2.46 bits per heavy atom. The lowest BCUT2D eigenvalue weighted by Gasteiger charge is -2.05. The summed E-state index contributed by atoms with van der Waals surface area (Å²) >= 11 is 1.67. The number of thioether (sulfide) groups is 1. The van der Waals surface area contributed by atoms with E-state index in [1.54, 1.807) is 11.8 Å². The molecule has 5 heteroatoms. The lowest BCUT2D eigenvalue weighted by atomic mass is 10.2. The van der Waals surface area contributed by atoms with E-state index < -0.39 is 0 Å². The molecule has 0 aliphatic rings.